The molecule has 100 valence electrons. The highest BCUT2D eigenvalue weighted by Gasteiger charge is 2.24. The van der Waals surface area contributed by atoms with Crippen LogP contribution in [0.3, 0.4) is 0 Å². The summed E-state index contributed by atoms with van der Waals surface area (Å²) in [5.74, 6) is 1.62. The molecule has 2 heterocycles. The van der Waals surface area contributed by atoms with Gasteiger partial charge in [-0.2, -0.15) is 0 Å². The van der Waals surface area contributed by atoms with Gasteiger partial charge in [0.15, 0.2) is 0 Å². The molecule has 0 radical (unpaired) electrons. The molecule has 2 aliphatic rings. The van der Waals surface area contributed by atoms with E-state index >= 15 is 0 Å². The monoisotopic (exact) mass is 240 g/mol. The van der Waals surface area contributed by atoms with Crippen LogP contribution in [-0.2, 0) is 4.74 Å². The van der Waals surface area contributed by atoms with E-state index in [1.54, 1.807) is 0 Å². The lowest BCUT2D eigenvalue weighted by atomic mass is 10.0. The maximum atomic E-state index is 5.50. The predicted molar refractivity (Wildman–Crippen MR) is 71.2 cm³/mol. The smallest absolute Gasteiger partial charge is 0.0506 e. The first-order valence-corrected chi connectivity index (χ1v) is 7.28. The molecular weight excluding hydrogens is 212 g/mol. The lowest BCUT2D eigenvalue weighted by Crippen LogP contribution is -2.34. The fourth-order valence-corrected chi connectivity index (χ4v) is 2.96. The number of hydrogen-bond donors (Lipinski definition) is 1. The topological polar surface area (TPSA) is 24.5 Å². The molecule has 3 nitrogen and oxygen atoms in total. The van der Waals surface area contributed by atoms with Crippen molar-refractivity contribution in [3.05, 3.63) is 0 Å². The molecule has 17 heavy (non-hydrogen) atoms. The Bertz CT molecular complexity index is 214. The van der Waals surface area contributed by atoms with E-state index in [4.69, 9.17) is 4.74 Å². The van der Waals surface area contributed by atoms with Crippen LogP contribution >= 0.6 is 0 Å². The molecular formula is C14H28N2O. The number of hydrogen-bond acceptors (Lipinski definition) is 3. The van der Waals surface area contributed by atoms with Crippen molar-refractivity contribution in [3.8, 4) is 0 Å². The first-order chi connectivity index (χ1) is 8.25. The molecule has 1 N–H and O–H groups in total. The second kappa shape index (κ2) is 6.72. The summed E-state index contributed by atoms with van der Waals surface area (Å²) in [6.45, 7) is 11.5. The highest BCUT2D eigenvalue weighted by Crippen LogP contribution is 2.18. The van der Waals surface area contributed by atoms with Crippen molar-refractivity contribution in [2.24, 2.45) is 11.8 Å². The van der Waals surface area contributed by atoms with Crippen LogP contribution in [0.2, 0.25) is 0 Å². The Hall–Kier alpha value is -0.120. The van der Waals surface area contributed by atoms with Gasteiger partial charge in [-0.1, -0.05) is 0 Å². The molecule has 0 bridgehead atoms. The Balaban J connectivity index is 1.56. The first-order valence-electron chi connectivity index (χ1n) is 7.28. The van der Waals surface area contributed by atoms with E-state index in [1.807, 2.05) is 0 Å². The first kappa shape index (κ1) is 13.3. The SMILES string of the molecule is CC(C)N1CCC(CNCC2CCCOC2)C1. The molecule has 0 spiro atoms. The fraction of sp³-hybridized carbons (Fsp3) is 1.00. The summed E-state index contributed by atoms with van der Waals surface area (Å²) in [5.41, 5.74) is 0. The highest BCUT2D eigenvalue weighted by atomic mass is 16.5. The molecule has 0 aromatic carbocycles. The van der Waals surface area contributed by atoms with Crippen LogP contribution in [0.25, 0.3) is 0 Å². The average molecular weight is 240 g/mol. The quantitative estimate of drug-likeness (QED) is 0.792. The summed E-state index contributed by atoms with van der Waals surface area (Å²) in [6, 6.07) is 0.715. The molecule has 2 rings (SSSR count). The minimum atomic E-state index is 0.715. The summed E-state index contributed by atoms with van der Waals surface area (Å²) in [7, 11) is 0. The van der Waals surface area contributed by atoms with Crippen molar-refractivity contribution in [2.75, 3.05) is 39.4 Å². The van der Waals surface area contributed by atoms with Crippen LogP contribution in [0.5, 0.6) is 0 Å². The van der Waals surface area contributed by atoms with Crippen LogP contribution in [-0.4, -0.2) is 50.3 Å². The molecule has 2 saturated heterocycles. The number of rotatable bonds is 5. The minimum Gasteiger partial charge on any atom is -0.381 e. The number of ether oxygens (including phenoxy) is 1. The largest absolute Gasteiger partial charge is 0.381 e. The molecule has 0 amide bonds. The molecule has 2 atom stereocenters. The van der Waals surface area contributed by atoms with Gasteiger partial charge in [0.25, 0.3) is 0 Å². The van der Waals surface area contributed by atoms with Gasteiger partial charge in [0, 0.05) is 25.7 Å². The van der Waals surface area contributed by atoms with E-state index in [2.05, 4.69) is 24.1 Å². The number of likely N-dealkylation sites (tertiary alicyclic amines) is 1. The van der Waals surface area contributed by atoms with E-state index in [-0.39, 0.29) is 0 Å². The zero-order chi connectivity index (χ0) is 12.1. The Morgan fingerprint density at radius 2 is 2.06 bits per heavy atom. The van der Waals surface area contributed by atoms with Gasteiger partial charge in [-0.05, 0) is 58.0 Å². The number of nitrogens with one attached hydrogen (secondary N) is 1. The third-order valence-electron chi connectivity index (χ3n) is 4.17. The van der Waals surface area contributed by atoms with Crippen LogP contribution in [0.4, 0.5) is 0 Å². The third-order valence-corrected chi connectivity index (χ3v) is 4.17. The van der Waals surface area contributed by atoms with Gasteiger partial charge in [-0.25, -0.2) is 0 Å². The third kappa shape index (κ3) is 4.23. The molecule has 0 aliphatic carbocycles. The van der Waals surface area contributed by atoms with Crippen molar-refractivity contribution in [3.63, 3.8) is 0 Å². The molecule has 0 saturated carbocycles. The molecule has 0 aromatic heterocycles. The van der Waals surface area contributed by atoms with E-state index in [0.29, 0.717) is 6.04 Å². The van der Waals surface area contributed by atoms with Crippen molar-refractivity contribution in [2.45, 2.75) is 39.2 Å². The average Bonchev–Trinajstić information content (AvgIpc) is 2.79. The van der Waals surface area contributed by atoms with E-state index in [9.17, 15) is 0 Å². The second-order valence-electron chi connectivity index (χ2n) is 5.98. The molecule has 3 heteroatoms. The maximum Gasteiger partial charge on any atom is 0.0506 e. The normalized spacial score (nSPS) is 31.2. The summed E-state index contributed by atoms with van der Waals surface area (Å²) < 4.78 is 5.50. The van der Waals surface area contributed by atoms with Crippen molar-refractivity contribution in [1.29, 1.82) is 0 Å². The summed E-state index contributed by atoms with van der Waals surface area (Å²) in [5, 5.41) is 3.65. The summed E-state index contributed by atoms with van der Waals surface area (Å²) >= 11 is 0. The van der Waals surface area contributed by atoms with E-state index < -0.39 is 0 Å². The zero-order valence-electron chi connectivity index (χ0n) is 11.5. The predicted octanol–water partition coefficient (Wildman–Crippen LogP) is 1.73. The van der Waals surface area contributed by atoms with Crippen LogP contribution in [0.15, 0.2) is 0 Å². The Kier molecular flexibility index (Phi) is 5.26. The van der Waals surface area contributed by atoms with Crippen LogP contribution in [0, 0.1) is 11.8 Å². The van der Waals surface area contributed by atoms with E-state index in [0.717, 1.165) is 31.6 Å². The van der Waals surface area contributed by atoms with Gasteiger partial charge in [0.05, 0.1) is 6.61 Å². The highest BCUT2D eigenvalue weighted by molar-refractivity contribution is 4.79. The lowest BCUT2D eigenvalue weighted by molar-refractivity contribution is 0.0545. The second-order valence-corrected chi connectivity index (χ2v) is 5.98. The standard InChI is InChI=1S/C14H28N2O/c1-12(2)16-6-5-13(10-16)8-15-9-14-4-3-7-17-11-14/h12-15H,3-11H2,1-2H3. The van der Waals surface area contributed by atoms with Crippen molar-refractivity contribution < 1.29 is 4.74 Å². The van der Waals surface area contributed by atoms with Gasteiger partial charge in [-0.3, -0.25) is 0 Å². The van der Waals surface area contributed by atoms with Gasteiger partial charge in [0.1, 0.15) is 0 Å². The molecule has 2 aliphatic heterocycles. The maximum absolute atomic E-state index is 5.50. The van der Waals surface area contributed by atoms with Gasteiger partial charge < -0.3 is 15.0 Å². The summed E-state index contributed by atoms with van der Waals surface area (Å²) in [6.07, 6.45) is 3.96. The minimum absolute atomic E-state index is 0.715. The molecule has 0 aromatic rings. The Morgan fingerprint density at radius 3 is 2.71 bits per heavy atom. The van der Waals surface area contributed by atoms with E-state index in [1.165, 1.54) is 38.9 Å². The van der Waals surface area contributed by atoms with Crippen molar-refractivity contribution in [1.82, 2.24) is 10.2 Å². The number of nitrogens with zero attached hydrogens (tertiary/aromatic N) is 1. The fourth-order valence-electron chi connectivity index (χ4n) is 2.96. The van der Waals surface area contributed by atoms with Gasteiger partial charge >= 0.3 is 0 Å². The van der Waals surface area contributed by atoms with Gasteiger partial charge in [0.2, 0.25) is 0 Å². The van der Waals surface area contributed by atoms with Gasteiger partial charge in [-0.15, -0.1) is 0 Å². The van der Waals surface area contributed by atoms with Crippen LogP contribution < -0.4 is 5.32 Å². The molecule has 2 fully saturated rings. The zero-order valence-corrected chi connectivity index (χ0v) is 11.5. The summed E-state index contributed by atoms with van der Waals surface area (Å²) in [4.78, 5) is 2.59. The lowest BCUT2D eigenvalue weighted by Gasteiger charge is -2.23. The molecule has 2 unspecified atom stereocenters. The Morgan fingerprint density at radius 1 is 1.24 bits per heavy atom. The van der Waals surface area contributed by atoms with Crippen molar-refractivity contribution >= 4 is 0 Å². The van der Waals surface area contributed by atoms with Crippen LogP contribution in [0.1, 0.15) is 33.1 Å². The Labute approximate surface area is 106 Å².